The maximum absolute atomic E-state index is 12.2. The number of carbonyl (C=O) groups is 2. The first kappa shape index (κ1) is 13.5. The van der Waals surface area contributed by atoms with Crippen molar-refractivity contribution in [3.63, 3.8) is 0 Å². The van der Waals surface area contributed by atoms with Crippen molar-refractivity contribution in [1.82, 2.24) is 15.2 Å². The topological polar surface area (TPSA) is 83.9 Å². The average molecular weight is 288 g/mol. The Balaban J connectivity index is 1.55. The molecule has 0 aliphatic carbocycles. The number of nitrogens with one attached hydrogen (secondary N) is 1. The largest absolute Gasteiger partial charge is 0.472 e. The molecule has 1 N–H and O–H groups in total. The van der Waals surface area contributed by atoms with Gasteiger partial charge in [0.05, 0.1) is 6.54 Å². The first-order valence-corrected chi connectivity index (χ1v) is 6.84. The predicted octanol–water partition coefficient (Wildman–Crippen LogP) is 0.532. The van der Waals surface area contributed by atoms with Crippen molar-refractivity contribution in [2.75, 3.05) is 13.1 Å². The molecule has 0 spiro atoms. The summed E-state index contributed by atoms with van der Waals surface area (Å²) in [5.41, 5.74) is 1.07. The highest BCUT2D eigenvalue weighted by atomic mass is 16.5. The van der Waals surface area contributed by atoms with Crippen LogP contribution in [0.15, 0.2) is 23.3 Å². The number of rotatable bonds is 3. The number of aryl methyl sites for hydroxylation is 1. The molecule has 1 aromatic heterocycles. The molecule has 0 aromatic carbocycles. The van der Waals surface area contributed by atoms with Crippen molar-refractivity contribution in [3.05, 3.63) is 23.9 Å². The molecule has 2 unspecified atom stereocenters. The normalized spacial score (nSPS) is 24.2. The van der Waals surface area contributed by atoms with Gasteiger partial charge in [0.2, 0.25) is 5.88 Å². The number of urea groups is 1. The molecule has 0 saturated carbocycles. The molecule has 3 rings (SSSR count). The number of hydrogen-bond donors (Lipinski definition) is 1. The number of hydrogen-bond acceptors (Lipinski definition) is 4. The fourth-order valence-corrected chi connectivity index (χ4v) is 2.39. The van der Waals surface area contributed by atoms with Crippen LogP contribution in [-0.4, -0.2) is 53.3 Å². The molecule has 1 fully saturated rings. The van der Waals surface area contributed by atoms with E-state index in [1.54, 1.807) is 11.1 Å². The molecule has 1 aromatic rings. The number of ether oxygens (including phenoxy) is 1. The monoisotopic (exact) mass is 288 g/mol. The Morgan fingerprint density at radius 2 is 2.33 bits per heavy atom. The van der Waals surface area contributed by atoms with Crippen molar-refractivity contribution in [3.8, 4) is 5.88 Å². The molecule has 21 heavy (non-hydrogen) atoms. The van der Waals surface area contributed by atoms with E-state index in [1.165, 1.54) is 6.21 Å². The van der Waals surface area contributed by atoms with Gasteiger partial charge in [-0.2, -0.15) is 0 Å². The second-order valence-electron chi connectivity index (χ2n) is 5.19. The molecule has 1 saturated heterocycles. The second kappa shape index (κ2) is 5.51. The molecule has 2 aliphatic rings. The van der Waals surface area contributed by atoms with Gasteiger partial charge in [0.25, 0.3) is 5.91 Å². The molecule has 0 bridgehead atoms. The van der Waals surface area contributed by atoms with Gasteiger partial charge in [-0.15, -0.1) is 0 Å². The Bertz CT molecular complexity index is 584. The molecular formula is C14H16N4O3. The number of pyridine rings is 1. The molecule has 0 radical (unpaired) electrons. The maximum Gasteiger partial charge on any atom is 0.341 e. The third kappa shape index (κ3) is 3.01. The molecule has 7 heteroatoms. The summed E-state index contributed by atoms with van der Waals surface area (Å²) in [7, 11) is 0. The van der Waals surface area contributed by atoms with Gasteiger partial charge in [0, 0.05) is 31.4 Å². The SMILES string of the molecule is Cc1ccc(OC2CCN(C(=O)C3C=NC(=O)N3)C2)nc1. The second-order valence-corrected chi connectivity index (χ2v) is 5.19. The van der Waals surface area contributed by atoms with Crippen molar-refractivity contribution in [2.24, 2.45) is 4.99 Å². The quantitative estimate of drug-likeness (QED) is 0.879. The third-order valence-corrected chi connectivity index (χ3v) is 3.51. The first-order chi connectivity index (χ1) is 10.1. The predicted molar refractivity (Wildman–Crippen MR) is 75.4 cm³/mol. The fourth-order valence-electron chi connectivity index (χ4n) is 2.39. The zero-order valence-electron chi connectivity index (χ0n) is 11.7. The van der Waals surface area contributed by atoms with Gasteiger partial charge in [0.1, 0.15) is 12.1 Å². The Hall–Kier alpha value is -2.44. The highest BCUT2D eigenvalue weighted by Crippen LogP contribution is 2.17. The van der Waals surface area contributed by atoms with E-state index in [2.05, 4.69) is 15.3 Å². The lowest BCUT2D eigenvalue weighted by atomic mass is 10.3. The molecule has 110 valence electrons. The van der Waals surface area contributed by atoms with E-state index >= 15 is 0 Å². The van der Waals surface area contributed by atoms with Crippen LogP contribution in [0.3, 0.4) is 0 Å². The van der Waals surface area contributed by atoms with Gasteiger partial charge in [-0.25, -0.2) is 14.8 Å². The number of aromatic nitrogens is 1. The summed E-state index contributed by atoms with van der Waals surface area (Å²) in [4.78, 5) is 32.6. The third-order valence-electron chi connectivity index (χ3n) is 3.51. The molecular weight excluding hydrogens is 272 g/mol. The standard InChI is InChI=1S/C14H16N4O3/c1-9-2-3-12(15-6-9)21-10-4-5-18(8-10)13(19)11-7-16-14(20)17-11/h2-3,6-7,10-11H,4-5,8H2,1H3,(H,17,20). The average Bonchev–Trinajstić information content (AvgIpc) is 3.10. The van der Waals surface area contributed by atoms with Gasteiger partial charge in [0.15, 0.2) is 0 Å². The van der Waals surface area contributed by atoms with E-state index in [9.17, 15) is 9.59 Å². The van der Waals surface area contributed by atoms with Crippen molar-refractivity contribution >= 4 is 18.2 Å². The minimum atomic E-state index is -0.645. The van der Waals surface area contributed by atoms with Crippen LogP contribution in [0, 0.1) is 6.92 Å². The summed E-state index contributed by atoms with van der Waals surface area (Å²) in [6, 6.07) is 2.65. The van der Waals surface area contributed by atoms with Crippen LogP contribution in [0.2, 0.25) is 0 Å². The lowest BCUT2D eigenvalue weighted by Gasteiger charge is -2.19. The molecule has 2 aliphatic heterocycles. The van der Waals surface area contributed by atoms with E-state index in [-0.39, 0.29) is 12.0 Å². The van der Waals surface area contributed by atoms with Crippen LogP contribution in [0.1, 0.15) is 12.0 Å². The molecule has 3 heterocycles. The molecule has 2 atom stereocenters. The Morgan fingerprint density at radius 3 is 3.00 bits per heavy atom. The Labute approximate surface area is 122 Å². The fraction of sp³-hybridized carbons (Fsp3) is 0.429. The van der Waals surface area contributed by atoms with Crippen molar-refractivity contribution in [1.29, 1.82) is 0 Å². The van der Waals surface area contributed by atoms with Gasteiger partial charge < -0.3 is 15.0 Å². The Morgan fingerprint density at radius 1 is 1.48 bits per heavy atom. The number of aliphatic imine (C=N–C) groups is 1. The first-order valence-electron chi connectivity index (χ1n) is 6.84. The van der Waals surface area contributed by atoms with Crippen LogP contribution in [0.5, 0.6) is 5.88 Å². The highest BCUT2D eigenvalue weighted by Gasteiger charge is 2.33. The van der Waals surface area contributed by atoms with E-state index in [1.807, 2.05) is 19.1 Å². The van der Waals surface area contributed by atoms with Crippen molar-refractivity contribution in [2.45, 2.75) is 25.5 Å². The zero-order chi connectivity index (χ0) is 14.8. The zero-order valence-corrected chi connectivity index (χ0v) is 11.7. The van der Waals surface area contributed by atoms with E-state index < -0.39 is 12.1 Å². The van der Waals surface area contributed by atoms with Crippen LogP contribution < -0.4 is 10.1 Å². The Kier molecular flexibility index (Phi) is 3.55. The van der Waals surface area contributed by atoms with E-state index in [0.29, 0.717) is 19.0 Å². The van der Waals surface area contributed by atoms with Gasteiger partial charge >= 0.3 is 6.03 Å². The minimum Gasteiger partial charge on any atom is -0.472 e. The summed E-state index contributed by atoms with van der Waals surface area (Å²) in [5.74, 6) is 0.420. The van der Waals surface area contributed by atoms with Gasteiger partial charge in [-0.1, -0.05) is 6.07 Å². The lowest BCUT2D eigenvalue weighted by Crippen LogP contribution is -2.45. The minimum absolute atomic E-state index is 0.0711. The highest BCUT2D eigenvalue weighted by molar-refractivity contribution is 6.07. The summed E-state index contributed by atoms with van der Waals surface area (Å²) >= 11 is 0. The number of amides is 3. The smallest absolute Gasteiger partial charge is 0.341 e. The van der Waals surface area contributed by atoms with Crippen molar-refractivity contribution < 1.29 is 14.3 Å². The van der Waals surface area contributed by atoms with Crippen LogP contribution in [0.25, 0.3) is 0 Å². The molecule has 3 amide bonds. The number of likely N-dealkylation sites (tertiary alicyclic amines) is 1. The maximum atomic E-state index is 12.2. The summed E-state index contributed by atoms with van der Waals surface area (Å²) in [6.07, 6.45) is 3.77. The summed E-state index contributed by atoms with van der Waals surface area (Å²) in [6.45, 7) is 3.06. The molecule has 7 nitrogen and oxygen atoms in total. The number of nitrogens with zero attached hydrogens (tertiary/aromatic N) is 3. The van der Waals surface area contributed by atoms with E-state index in [4.69, 9.17) is 4.74 Å². The van der Waals surface area contributed by atoms with Gasteiger partial charge in [-0.05, 0) is 12.5 Å². The van der Waals surface area contributed by atoms with Gasteiger partial charge in [-0.3, -0.25) is 4.79 Å². The summed E-state index contributed by atoms with van der Waals surface area (Å²) in [5, 5.41) is 2.50. The van der Waals surface area contributed by atoms with Crippen LogP contribution >= 0.6 is 0 Å². The lowest BCUT2D eigenvalue weighted by molar-refractivity contribution is -0.130. The summed E-state index contributed by atoms with van der Waals surface area (Å²) < 4.78 is 5.77. The van der Waals surface area contributed by atoms with Crippen LogP contribution in [0.4, 0.5) is 4.79 Å². The number of carbonyl (C=O) groups excluding carboxylic acids is 2. The van der Waals surface area contributed by atoms with E-state index in [0.717, 1.165) is 12.0 Å². The van der Waals surface area contributed by atoms with Crippen LogP contribution in [-0.2, 0) is 4.79 Å².